The summed E-state index contributed by atoms with van der Waals surface area (Å²) in [5.74, 6) is 0.821. The topological polar surface area (TPSA) is 68.0 Å². The van der Waals surface area contributed by atoms with Crippen molar-refractivity contribution in [3.63, 3.8) is 0 Å². The molecule has 3 rings (SSSR count). The fourth-order valence-electron chi connectivity index (χ4n) is 2.88. The molecule has 1 saturated heterocycles. The Balaban J connectivity index is 1.71. The molecule has 6 heteroatoms. The number of nitrogens with zero attached hydrogens (tertiary/aromatic N) is 2. The molecule has 2 aliphatic heterocycles. The zero-order chi connectivity index (χ0) is 15.9. The third-order valence-corrected chi connectivity index (χ3v) is 3.86. The lowest BCUT2D eigenvalue weighted by molar-refractivity contribution is 0.0195. The number of anilines is 2. The first-order valence-corrected chi connectivity index (χ1v) is 7.60. The summed E-state index contributed by atoms with van der Waals surface area (Å²) in [6.07, 6.45) is -0.254. The fraction of sp³-hybridized carbons (Fsp3) is 0.562. The second-order valence-corrected chi connectivity index (χ2v) is 6.81. The summed E-state index contributed by atoms with van der Waals surface area (Å²) >= 11 is 0. The van der Waals surface area contributed by atoms with Crippen molar-refractivity contribution in [2.24, 2.45) is 0 Å². The van der Waals surface area contributed by atoms with E-state index in [9.17, 15) is 4.79 Å². The Morgan fingerprint density at radius 2 is 2.14 bits per heavy atom. The molecular formula is C16H23N3O3. The van der Waals surface area contributed by atoms with Gasteiger partial charge in [-0.3, -0.25) is 0 Å². The molecule has 6 nitrogen and oxygen atoms in total. The molecule has 0 bridgehead atoms. The van der Waals surface area contributed by atoms with Crippen LogP contribution in [0.25, 0.3) is 0 Å². The normalized spacial score (nSPS) is 20.8. The molecule has 2 heterocycles. The Bertz CT molecular complexity index is 582. The number of fused-ring (bicyclic) bond motifs is 3. The lowest BCUT2D eigenvalue weighted by atomic mass is 10.1. The van der Waals surface area contributed by atoms with Crippen LogP contribution in [0.1, 0.15) is 20.8 Å². The van der Waals surface area contributed by atoms with Crippen LogP contribution in [0.2, 0.25) is 0 Å². The maximum atomic E-state index is 12.2. The van der Waals surface area contributed by atoms with E-state index < -0.39 is 5.60 Å². The highest BCUT2D eigenvalue weighted by Gasteiger charge is 2.35. The lowest BCUT2D eigenvalue weighted by Gasteiger charge is -2.45. The van der Waals surface area contributed by atoms with Crippen LogP contribution < -0.4 is 15.4 Å². The van der Waals surface area contributed by atoms with Crippen LogP contribution in [-0.4, -0.2) is 48.9 Å². The summed E-state index contributed by atoms with van der Waals surface area (Å²) in [7, 11) is 0. The van der Waals surface area contributed by atoms with Gasteiger partial charge in [0.25, 0.3) is 0 Å². The number of nitrogens with two attached hydrogens (primary N) is 1. The molecule has 120 valence electrons. The number of rotatable bonds is 0. The third-order valence-electron chi connectivity index (χ3n) is 3.86. The first kappa shape index (κ1) is 14.8. The molecule has 2 aliphatic rings. The zero-order valence-corrected chi connectivity index (χ0v) is 13.3. The first-order valence-electron chi connectivity index (χ1n) is 7.60. The van der Waals surface area contributed by atoms with Crippen LogP contribution in [-0.2, 0) is 4.74 Å². The van der Waals surface area contributed by atoms with Crippen LogP contribution >= 0.6 is 0 Å². The molecule has 22 heavy (non-hydrogen) atoms. The SMILES string of the molecule is CC(C)(C)OC(=O)N1CCN2c3ccc(N)cc3OC[C@@H]2C1. The van der Waals surface area contributed by atoms with Gasteiger partial charge in [-0.1, -0.05) is 0 Å². The quantitative estimate of drug-likeness (QED) is 0.743. The van der Waals surface area contributed by atoms with Gasteiger partial charge >= 0.3 is 6.09 Å². The second-order valence-electron chi connectivity index (χ2n) is 6.81. The molecular weight excluding hydrogens is 282 g/mol. The van der Waals surface area contributed by atoms with Crippen molar-refractivity contribution in [3.05, 3.63) is 18.2 Å². The summed E-state index contributed by atoms with van der Waals surface area (Å²) in [5.41, 5.74) is 7.08. The Hall–Kier alpha value is -2.11. The molecule has 1 aromatic carbocycles. The number of benzene rings is 1. The van der Waals surface area contributed by atoms with Gasteiger partial charge in [0, 0.05) is 31.4 Å². The van der Waals surface area contributed by atoms with Gasteiger partial charge in [-0.25, -0.2) is 4.79 Å². The van der Waals surface area contributed by atoms with Gasteiger partial charge in [0.2, 0.25) is 0 Å². The minimum absolute atomic E-state index is 0.150. The zero-order valence-electron chi connectivity index (χ0n) is 13.3. The van der Waals surface area contributed by atoms with Crippen molar-refractivity contribution in [1.82, 2.24) is 4.90 Å². The van der Waals surface area contributed by atoms with Crippen molar-refractivity contribution in [1.29, 1.82) is 0 Å². The number of carbonyl (C=O) groups is 1. The van der Waals surface area contributed by atoms with E-state index in [2.05, 4.69) is 4.90 Å². The van der Waals surface area contributed by atoms with Crippen molar-refractivity contribution in [2.75, 3.05) is 36.9 Å². The summed E-state index contributed by atoms with van der Waals surface area (Å²) in [5, 5.41) is 0. The summed E-state index contributed by atoms with van der Waals surface area (Å²) in [4.78, 5) is 16.3. The minimum atomic E-state index is -0.471. The Kier molecular flexibility index (Phi) is 3.54. The van der Waals surface area contributed by atoms with E-state index in [4.69, 9.17) is 15.2 Å². The predicted octanol–water partition coefficient (Wildman–Crippen LogP) is 2.09. The highest BCUT2D eigenvalue weighted by molar-refractivity contribution is 5.70. The Labute approximate surface area is 130 Å². The molecule has 2 N–H and O–H groups in total. The highest BCUT2D eigenvalue weighted by atomic mass is 16.6. The molecule has 1 fully saturated rings. The van der Waals surface area contributed by atoms with Crippen molar-refractivity contribution < 1.29 is 14.3 Å². The van der Waals surface area contributed by atoms with Crippen LogP contribution in [0.4, 0.5) is 16.2 Å². The average Bonchev–Trinajstić information content (AvgIpc) is 2.44. The van der Waals surface area contributed by atoms with E-state index in [1.54, 1.807) is 4.90 Å². The molecule has 1 amide bonds. The number of hydrogen-bond donors (Lipinski definition) is 1. The number of nitrogen functional groups attached to an aromatic ring is 1. The number of hydrogen-bond acceptors (Lipinski definition) is 5. The van der Waals surface area contributed by atoms with Crippen LogP contribution in [0, 0.1) is 0 Å². The molecule has 1 atom stereocenters. The molecule has 0 aliphatic carbocycles. The van der Waals surface area contributed by atoms with E-state index in [-0.39, 0.29) is 12.1 Å². The van der Waals surface area contributed by atoms with Gasteiger partial charge in [0.05, 0.1) is 11.7 Å². The van der Waals surface area contributed by atoms with Gasteiger partial charge in [-0.15, -0.1) is 0 Å². The Morgan fingerprint density at radius 3 is 2.86 bits per heavy atom. The molecule has 0 radical (unpaired) electrons. The second kappa shape index (κ2) is 5.26. The highest BCUT2D eigenvalue weighted by Crippen LogP contribution is 2.36. The van der Waals surface area contributed by atoms with Gasteiger partial charge in [-0.2, -0.15) is 0 Å². The number of ether oxygens (including phenoxy) is 2. The van der Waals surface area contributed by atoms with Gasteiger partial charge in [-0.05, 0) is 32.9 Å². The first-order chi connectivity index (χ1) is 10.3. The van der Waals surface area contributed by atoms with Gasteiger partial charge in [0.1, 0.15) is 18.0 Å². The largest absolute Gasteiger partial charge is 0.489 e. The number of carbonyl (C=O) groups excluding carboxylic acids is 1. The average molecular weight is 305 g/mol. The molecule has 0 spiro atoms. The fourth-order valence-corrected chi connectivity index (χ4v) is 2.88. The maximum Gasteiger partial charge on any atom is 0.410 e. The van der Waals surface area contributed by atoms with E-state index >= 15 is 0 Å². The lowest BCUT2D eigenvalue weighted by Crippen LogP contribution is -2.59. The van der Waals surface area contributed by atoms with Crippen LogP contribution in [0.5, 0.6) is 5.75 Å². The van der Waals surface area contributed by atoms with E-state index in [1.807, 2.05) is 39.0 Å². The van der Waals surface area contributed by atoms with Crippen LogP contribution in [0.15, 0.2) is 18.2 Å². The monoisotopic (exact) mass is 305 g/mol. The number of piperazine rings is 1. The van der Waals surface area contributed by atoms with Crippen molar-refractivity contribution >= 4 is 17.5 Å². The third kappa shape index (κ3) is 2.91. The maximum absolute atomic E-state index is 12.2. The summed E-state index contributed by atoms with van der Waals surface area (Å²) in [6.45, 7) is 8.22. The van der Waals surface area contributed by atoms with Crippen molar-refractivity contribution in [3.8, 4) is 5.75 Å². The Morgan fingerprint density at radius 1 is 1.36 bits per heavy atom. The predicted molar refractivity (Wildman–Crippen MR) is 85.3 cm³/mol. The van der Waals surface area contributed by atoms with E-state index in [0.717, 1.165) is 18.0 Å². The van der Waals surface area contributed by atoms with E-state index in [1.165, 1.54) is 0 Å². The van der Waals surface area contributed by atoms with Crippen LogP contribution in [0.3, 0.4) is 0 Å². The molecule has 0 saturated carbocycles. The van der Waals surface area contributed by atoms with Gasteiger partial charge < -0.3 is 25.0 Å². The minimum Gasteiger partial charge on any atom is -0.489 e. The molecule has 0 aromatic heterocycles. The molecule has 1 aromatic rings. The summed E-state index contributed by atoms with van der Waals surface area (Å²) in [6, 6.07) is 5.87. The standard InChI is InChI=1S/C16H23N3O3/c1-16(2,3)22-15(20)18-6-7-19-12(9-18)10-21-14-8-11(17)4-5-13(14)19/h4-5,8,12H,6-7,9-10,17H2,1-3H3/t12-/m0/s1. The number of amides is 1. The summed E-state index contributed by atoms with van der Waals surface area (Å²) < 4.78 is 11.3. The molecule has 0 unspecified atom stereocenters. The van der Waals surface area contributed by atoms with Gasteiger partial charge in [0.15, 0.2) is 0 Å². The van der Waals surface area contributed by atoms with E-state index in [0.29, 0.717) is 25.4 Å². The van der Waals surface area contributed by atoms with Crippen molar-refractivity contribution in [2.45, 2.75) is 32.4 Å². The smallest absolute Gasteiger partial charge is 0.410 e.